The summed E-state index contributed by atoms with van der Waals surface area (Å²) in [4.78, 5) is 27.1. The lowest BCUT2D eigenvalue weighted by molar-refractivity contribution is -0.131. The van der Waals surface area contributed by atoms with Gasteiger partial charge in [0, 0.05) is 36.3 Å². The average Bonchev–Trinajstić information content (AvgIpc) is 2.92. The van der Waals surface area contributed by atoms with E-state index in [-0.39, 0.29) is 0 Å². The molecule has 3 aromatic rings. The van der Waals surface area contributed by atoms with Gasteiger partial charge in [-0.25, -0.2) is 5.48 Å². The highest BCUT2D eigenvalue weighted by atomic mass is 16.5. The summed E-state index contributed by atoms with van der Waals surface area (Å²) in [6.45, 7) is 4.39. The molecule has 0 aromatic heterocycles. The Kier molecular flexibility index (Phi) is 8.25. The van der Waals surface area contributed by atoms with Crippen molar-refractivity contribution in [3.63, 3.8) is 0 Å². The normalized spacial score (nSPS) is 14.3. The van der Waals surface area contributed by atoms with Gasteiger partial charge in [0.05, 0.1) is 13.2 Å². The first-order valence-electron chi connectivity index (χ1n) is 11.4. The summed E-state index contributed by atoms with van der Waals surface area (Å²) < 4.78 is 5.39. The zero-order valence-corrected chi connectivity index (χ0v) is 19.2. The molecule has 0 saturated carbocycles. The fourth-order valence-electron chi connectivity index (χ4n) is 3.78. The molecular formula is C28H27N3O4. The van der Waals surface area contributed by atoms with Crippen molar-refractivity contribution in [1.29, 1.82) is 0 Å². The highest BCUT2D eigenvalue weighted by Gasteiger charge is 2.22. The van der Waals surface area contributed by atoms with Crippen molar-refractivity contribution in [2.45, 2.75) is 12.6 Å². The Morgan fingerprint density at radius 1 is 0.886 bits per heavy atom. The summed E-state index contributed by atoms with van der Waals surface area (Å²) in [5.41, 5.74) is 5.48. The van der Waals surface area contributed by atoms with E-state index in [1.807, 2.05) is 12.1 Å². The minimum atomic E-state index is -1.01. The SMILES string of the molecule is O=C(NC(C(=O)NO)c1ccccc1)c1ccc(C#Cc2ccc(CN3CCOCC3)cc2)cc1. The van der Waals surface area contributed by atoms with Gasteiger partial charge in [0.2, 0.25) is 0 Å². The van der Waals surface area contributed by atoms with Crippen LogP contribution in [0.15, 0.2) is 78.9 Å². The lowest BCUT2D eigenvalue weighted by Crippen LogP contribution is -2.39. The van der Waals surface area contributed by atoms with Gasteiger partial charge in [0.25, 0.3) is 11.8 Å². The second-order valence-electron chi connectivity index (χ2n) is 8.21. The number of rotatable bonds is 6. The number of hydrogen-bond acceptors (Lipinski definition) is 5. The molecule has 1 aliphatic rings. The largest absolute Gasteiger partial charge is 0.379 e. The molecule has 1 saturated heterocycles. The predicted molar refractivity (Wildman–Crippen MR) is 132 cm³/mol. The number of morpholine rings is 1. The van der Waals surface area contributed by atoms with E-state index in [2.05, 4.69) is 34.2 Å². The Bertz CT molecular complexity index is 1190. The Labute approximate surface area is 204 Å². The standard InChI is InChI=1S/C28H27N3O4/c32-27(29-26(28(33)30-34)24-4-2-1-3-5-24)25-14-12-22(13-15-25)7-6-21-8-10-23(11-9-21)20-31-16-18-35-19-17-31/h1-5,8-15,26,34H,16-20H2,(H,29,32)(H,30,33). The maximum absolute atomic E-state index is 12.7. The third-order valence-electron chi connectivity index (χ3n) is 5.74. The van der Waals surface area contributed by atoms with Crippen LogP contribution in [-0.4, -0.2) is 48.2 Å². The molecule has 4 rings (SSSR count). The molecule has 0 radical (unpaired) electrons. The van der Waals surface area contributed by atoms with Crippen LogP contribution >= 0.6 is 0 Å². The van der Waals surface area contributed by atoms with Gasteiger partial charge in [-0.05, 0) is 47.5 Å². The monoisotopic (exact) mass is 469 g/mol. The highest BCUT2D eigenvalue weighted by molar-refractivity contribution is 5.97. The Balaban J connectivity index is 1.37. The van der Waals surface area contributed by atoms with Gasteiger partial charge in [-0.3, -0.25) is 19.7 Å². The fourth-order valence-corrected chi connectivity index (χ4v) is 3.78. The van der Waals surface area contributed by atoms with Crippen LogP contribution in [0, 0.1) is 11.8 Å². The quantitative estimate of drug-likeness (QED) is 0.293. The first kappa shape index (κ1) is 24.2. The molecule has 178 valence electrons. The van der Waals surface area contributed by atoms with Crippen LogP contribution in [0.4, 0.5) is 0 Å². The van der Waals surface area contributed by atoms with Crippen LogP contribution in [0.2, 0.25) is 0 Å². The van der Waals surface area contributed by atoms with E-state index in [1.54, 1.807) is 60.1 Å². The summed E-state index contributed by atoms with van der Waals surface area (Å²) in [6.07, 6.45) is 0. The molecule has 1 aliphatic heterocycles. The Hall–Kier alpha value is -3.96. The molecule has 3 N–H and O–H groups in total. The first-order valence-corrected chi connectivity index (χ1v) is 11.4. The van der Waals surface area contributed by atoms with E-state index in [0.29, 0.717) is 11.1 Å². The number of amides is 2. The van der Waals surface area contributed by atoms with Gasteiger partial charge in [-0.2, -0.15) is 0 Å². The van der Waals surface area contributed by atoms with E-state index in [9.17, 15) is 9.59 Å². The Morgan fingerprint density at radius 3 is 2.09 bits per heavy atom. The zero-order chi connectivity index (χ0) is 24.5. The second-order valence-corrected chi connectivity index (χ2v) is 8.21. The molecule has 35 heavy (non-hydrogen) atoms. The van der Waals surface area contributed by atoms with Crippen LogP contribution in [0.25, 0.3) is 0 Å². The number of hydroxylamine groups is 1. The number of hydrogen-bond donors (Lipinski definition) is 3. The molecule has 7 heteroatoms. The van der Waals surface area contributed by atoms with Crippen molar-refractivity contribution in [2.24, 2.45) is 0 Å². The van der Waals surface area contributed by atoms with E-state index in [0.717, 1.165) is 44.0 Å². The molecule has 0 aliphatic carbocycles. The number of carbonyl (C=O) groups is 2. The van der Waals surface area contributed by atoms with Gasteiger partial charge in [0.15, 0.2) is 0 Å². The molecule has 1 unspecified atom stereocenters. The number of nitrogens with one attached hydrogen (secondary N) is 2. The summed E-state index contributed by atoms with van der Waals surface area (Å²) >= 11 is 0. The summed E-state index contributed by atoms with van der Waals surface area (Å²) in [7, 11) is 0. The summed E-state index contributed by atoms with van der Waals surface area (Å²) in [5, 5.41) is 11.7. The van der Waals surface area contributed by atoms with Gasteiger partial charge in [-0.1, -0.05) is 54.3 Å². The topological polar surface area (TPSA) is 90.9 Å². The lowest BCUT2D eigenvalue weighted by atomic mass is 10.1. The number of ether oxygens (including phenoxy) is 1. The van der Waals surface area contributed by atoms with E-state index < -0.39 is 17.9 Å². The molecule has 3 aromatic carbocycles. The average molecular weight is 470 g/mol. The lowest BCUT2D eigenvalue weighted by Gasteiger charge is -2.26. The molecule has 1 atom stereocenters. The van der Waals surface area contributed by atoms with E-state index in [1.165, 1.54) is 5.56 Å². The van der Waals surface area contributed by atoms with Crippen molar-refractivity contribution in [3.05, 3.63) is 107 Å². The number of carbonyl (C=O) groups excluding carboxylic acids is 2. The third-order valence-corrected chi connectivity index (χ3v) is 5.74. The van der Waals surface area contributed by atoms with Crippen LogP contribution < -0.4 is 10.8 Å². The maximum Gasteiger partial charge on any atom is 0.270 e. The van der Waals surface area contributed by atoms with Crippen LogP contribution in [0.1, 0.15) is 38.7 Å². The summed E-state index contributed by atoms with van der Waals surface area (Å²) in [6, 6.07) is 22.8. The molecule has 1 heterocycles. The molecule has 7 nitrogen and oxygen atoms in total. The molecular weight excluding hydrogens is 442 g/mol. The number of nitrogens with zero attached hydrogens (tertiary/aromatic N) is 1. The Morgan fingerprint density at radius 2 is 1.49 bits per heavy atom. The molecule has 1 fully saturated rings. The van der Waals surface area contributed by atoms with Gasteiger partial charge < -0.3 is 10.1 Å². The van der Waals surface area contributed by atoms with Crippen molar-refractivity contribution in [3.8, 4) is 11.8 Å². The van der Waals surface area contributed by atoms with E-state index in [4.69, 9.17) is 9.94 Å². The van der Waals surface area contributed by atoms with Gasteiger partial charge in [0.1, 0.15) is 6.04 Å². The van der Waals surface area contributed by atoms with Crippen LogP contribution in [0.3, 0.4) is 0 Å². The van der Waals surface area contributed by atoms with Gasteiger partial charge >= 0.3 is 0 Å². The van der Waals surface area contributed by atoms with E-state index >= 15 is 0 Å². The molecule has 2 amide bonds. The molecule has 0 bridgehead atoms. The zero-order valence-electron chi connectivity index (χ0n) is 19.2. The smallest absolute Gasteiger partial charge is 0.270 e. The second kappa shape index (κ2) is 12.0. The van der Waals surface area contributed by atoms with Crippen molar-refractivity contribution < 1.29 is 19.5 Å². The van der Waals surface area contributed by atoms with Gasteiger partial charge in [-0.15, -0.1) is 0 Å². The first-order chi connectivity index (χ1) is 17.1. The highest BCUT2D eigenvalue weighted by Crippen LogP contribution is 2.14. The summed E-state index contributed by atoms with van der Waals surface area (Å²) in [5.74, 6) is 5.12. The van der Waals surface area contributed by atoms with Crippen molar-refractivity contribution in [1.82, 2.24) is 15.7 Å². The van der Waals surface area contributed by atoms with Crippen LogP contribution in [0.5, 0.6) is 0 Å². The van der Waals surface area contributed by atoms with Crippen LogP contribution in [-0.2, 0) is 16.1 Å². The van der Waals surface area contributed by atoms with Crippen molar-refractivity contribution >= 4 is 11.8 Å². The number of benzene rings is 3. The van der Waals surface area contributed by atoms with Crippen molar-refractivity contribution in [2.75, 3.05) is 26.3 Å². The predicted octanol–water partition coefficient (Wildman–Crippen LogP) is 2.90. The minimum Gasteiger partial charge on any atom is -0.379 e. The fraction of sp³-hybridized carbons (Fsp3) is 0.214. The maximum atomic E-state index is 12.7. The minimum absolute atomic E-state index is 0.384. The molecule has 0 spiro atoms. The third kappa shape index (κ3) is 6.78.